The number of unbranched alkanes of at least 4 members (excludes halogenated alkanes) is 1. The van der Waals surface area contributed by atoms with Crippen LogP contribution in [0.25, 0.3) is 0 Å². The maximum absolute atomic E-state index is 13.1. The summed E-state index contributed by atoms with van der Waals surface area (Å²) in [6, 6.07) is 6.74. The van der Waals surface area contributed by atoms with Gasteiger partial charge in [-0.1, -0.05) is 25.8 Å². The highest BCUT2D eigenvalue weighted by atomic mass is 16.6. The van der Waals surface area contributed by atoms with Gasteiger partial charge >= 0.3 is 6.09 Å². The Balaban J connectivity index is 1.69. The number of piperidine rings is 1. The molecule has 6 nitrogen and oxygen atoms in total. The molecule has 31 heavy (non-hydrogen) atoms. The Hall–Kier alpha value is -1.95. The van der Waals surface area contributed by atoms with Gasteiger partial charge in [-0.05, 0) is 64.7 Å². The molecule has 1 aromatic carbocycles. The summed E-state index contributed by atoms with van der Waals surface area (Å²) in [5.74, 6) is 1.53. The number of nitrogens with zero attached hydrogens (tertiary/aromatic N) is 2. The SMILES string of the molecule is CCCCC(C)N1CCC(N(Cc2ccc3c(c2)OCCO3)C(=O)OC(C)(C)C)CC1. The number of likely N-dealkylation sites (tertiary alicyclic amines) is 1. The molecule has 2 heterocycles. The molecule has 0 saturated carbocycles. The maximum Gasteiger partial charge on any atom is 0.410 e. The van der Waals surface area contributed by atoms with Crippen LogP contribution in [0, 0.1) is 0 Å². The fourth-order valence-electron chi connectivity index (χ4n) is 4.37. The average molecular weight is 433 g/mol. The standard InChI is InChI=1S/C25H40N2O4/c1-6-7-8-19(2)26-13-11-21(12-14-26)27(24(28)31-25(3,4)5)18-20-9-10-22-23(17-20)30-16-15-29-22/h9-10,17,19,21H,6-8,11-16,18H2,1-5H3. The van der Waals surface area contributed by atoms with E-state index in [1.165, 1.54) is 19.3 Å². The highest BCUT2D eigenvalue weighted by molar-refractivity contribution is 5.68. The highest BCUT2D eigenvalue weighted by Gasteiger charge is 2.32. The van der Waals surface area contributed by atoms with Crippen molar-refractivity contribution in [2.75, 3.05) is 26.3 Å². The maximum atomic E-state index is 13.1. The largest absolute Gasteiger partial charge is 0.486 e. The van der Waals surface area contributed by atoms with E-state index in [1.807, 2.05) is 43.9 Å². The zero-order valence-electron chi connectivity index (χ0n) is 20.0. The Morgan fingerprint density at radius 2 is 1.87 bits per heavy atom. The van der Waals surface area contributed by atoms with E-state index in [1.54, 1.807) is 0 Å². The molecule has 0 aliphatic carbocycles. The van der Waals surface area contributed by atoms with Crippen LogP contribution in [-0.2, 0) is 11.3 Å². The molecule has 0 N–H and O–H groups in total. The van der Waals surface area contributed by atoms with E-state index in [0.29, 0.717) is 25.8 Å². The van der Waals surface area contributed by atoms with Gasteiger partial charge in [0.1, 0.15) is 18.8 Å². The van der Waals surface area contributed by atoms with Gasteiger partial charge in [0, 0.05) is 31.7 Å². The highest BCUT2D eigenvalue weighted by Crippen LogP contribution is 2.32. The van der Waals surface area contributed by atoms with Gasteiger partial charge in [-0.2, -0.15) is 0 Å². The molecule has 3 rings (SSSR count). The molecule has 1 unspecified atom stereocenters. The average Bonchev–Trinajstić information content (AvgIpc) is 2.74. The van der Waals surface area contributed by atoms with E-state index >= 15 is 0 Å². The topological polar surface area (TPSA) is 51.2 Å². The lowest BCUT2D eigenvalue weighted by Crippen LogP contribution is -2.50. The number of carbonyl (C=O) groups is 1. The van der Waals surface area contributed by atoms with Crippen molar-refractivity contribution in [3.8, 4) is 11.5 Å². The second-order valence-corrected chi connectivity index (χ2v) is 9.84. The van der Waals surface area contributed by atoms with Gasteiger partial charge < -0.3 is 24.0 Å². The third-order valence-electron chi connectivity index (χ3n) is 6.13. The normalized spacial score (nSPS) is 18.5. The molecule has 0 spiro atoms. The van der Waals surface area contributed by atoms with Crippen LogP contribution in [0.15, 0.2) is 18.2 Å². The molecule has 2 aliphatic heterocycles. The first kappa shape index (κ1) is 23.7. The van der Waals surface area contributed by atoms with Gasteiger partial charge in [0.05, 0.1) is 0 Å². The number of fused-ring (bicyclic) bond motifs is 1. The molecule has 1 atom stereocenters. The van der Waals surface area contributed by atoms with Crippen LogP contribution in [0.3, 0.4) is 0 Å². The van der Waals surface area contributed by atoms with Crippen LogP contribution in [-0.4, -0.2) is 59.9 Å². The third kappa shape index (κ3) is 6.76. The Morgan fingerprint density at radius 1 is 1.19 bits per heavy atom. The van der Waals surface area contributed by atoms with Crippen LogP contribution in [0.2, 0.25) is 0 Å². The molecule has 1 fully saturated rings. The van der Waals surface area contributed by atoms with Crippen molar-refractivity contribution < 1.29 is 19.0 Å². The summed E-state index contributed by atoms with van der Waals surface area (Å²) in [4.78, 5) is 17.6. The van der Waals surface area contributed by atoms with Crippen molar-refractivity contribution in [2.45, 2.75) is 91.0 Å². The Labute approximate surface area is 187 Å². The fraction of sp³-hybridized carbons (Fsp3) is 0.720. The Kier molecular flexibility index (Phi) is 8.09. The molecular weight excluding hydrogens is 392 g/mol. The van der Waals surface area contributed by atoms with E-state index in [2.05, 4.69) is 18.7 Å². The van der Waals surface area contributed by atoms with Crippen molar-refractivity contribution in [3.05, 3.63) is 23.8 Å². The van der Waals surface area contributed by atoms with E-state index < -0.39 is 5.60 Å². The predicted octanol–water partition coefficient (Wildman–Crippen LogP) is 5.24. The summed E-state index contributed by atoms with van der Waals surface area (Å²) in [6.45, 7) is 14.0. The van der Waals surface area contributed by atoms with Crippen LogP contribution < -0.4 is 9.47 Å². The van der Waals surface area contributed by atoms with Gasteiger partial charge in [0.15, 0.2) is 11.5 Å². The molecular formula is C25H40N2O4. The van der Waals surface area contributed by atoms with E-state index in [9.17, 15) is 4.79 Å². The number of benzene rings is 1. The lowest BCUT2D eigenvalue weighted by Gasteiger charge is -2.41. The lowest BCUT2D eigenvalue weighted by atomic mass is 9.99. The minimum atomic E-state index is -0.516. The number of hydrogen-bond donors (Lipinski definition) is 0. The first-order chi connectivity index (χ1) is 14.8. The molecule has 174 valence electrons. The zero-order valence-corrected chi connectivity index (χ0v) is 20.0. The van der Waals surface area contributed by atoms with Gasteiger partial charge in [0.25, 0.3) is 0 Å². The first-order valence-corrected chi connectivity index (χ1v) is 11.9. The molecule has 6 heteroatoms. The molecule has 0 aromatic heterocycles. The van der Waals surface area contributed by atoms with E-state index in [4.69, 9.17) is 14.2 Å². The number of rotatable bonds is 7. The monoisotopic (exact) mass is 432 g/mol. The lowest BCUT2D eigenvalue weighted by molar-refractivity contribution is 0.00355. The minimum absolute atomic E-state index is 0.178. The fourth-order valence-corrected chi connectivity index (χ4v) is 4.37. The first-order valence-electron chi connectivity index (χ1n) is 11.9. The molecule has 0 radical (unpaired) electrons. The molecule has 1 amide bonds. The van der Waals surface area contributed by atoms with Crippen molar-refractivity contribution in [1.29, 1.82) is 0 Å². The summed E-state index contributed by atoms with van der Waals surface area (Å²) in [5.41, 5.74) is 0.520. The summed E-state index contributed by atoms with van der Waals surface area (Å²) in [7, 11) is 0. The van der Waals surface area contributed by atoms with Crippen molar-refractivity contribution in [3.63, 3.8) is 0 Å². The number of ether oxygens (including phenoxy) is 3. The van der Waals surface area contributed by atoms with Crippen LogP contribution in [0.5, 0.6) is 11.5 Å². The van der Waals surface area contributed by atoms with Crippen LogP contribution >= 0.6 is 0 Å². The number of carbonyl (C=O) groups excluding carboxylic acids is 1. The summed E-state index contributed by atoms with van der Waals surface area (Å²) >= 11 is 0. The van der Waals surface area contributed by atoms with E-state index in [-0.39, 0.29) is 12.1 Å². The molecule has 1 aromatic rings. The Morgan fingerprint density at radius 3 is 2.52 bits per heavy atom. The zero-order chi connectivity index (χ0) is 22.4. The molecule has 2 aliphatic rings. The quantitative estimate of drug-likeness (QED) is 0.590. The van der Waals surface area contributed by atoms with E-state index in [0.717, 1.165) is 43.0 Å². The van der Waals surface area contributed by atoms with Crippen molar-refractivity contribution in [2.24, 2.45) is 0 Å². The van der Waals surface area contributed by atoms with Gasteiger partial charge in [-0.3, -0.25) is 0 Å². The second kappa shape index (κ2) is 10.6. The van der Waals surface area contributed by atoms with Gasteiger partial charge in [0.2, 0.25) is 0 Å². The van der Waals surface area contributed by atoms with Gasteiger partial charge in [-0.15, -0.1) is 0 Å². The minimum Gasteiger partial charge on any atom is -0.486 e. The third-order valence-corrected chi connectivity index (χ3v) is 6.13. The van der Waals surface area contributed by atoms with Crippen molar-refractivity contribution in [1.82, 2.24) is 9.80 Å². The van der Waals surface area contributed by atoms with Crippen LogP contribution in [0.4, 0.5) is 4.79 Å². The molecule has 0 bridgehead atoms. The van der Waals surface area contributed by atoms with Gasteiger partial charge in [-0.25, -0.2) is 4.79 Å². The Bertz CT molecular complexity index is 723. The molecule has 1 saturated heterocycles. The number of amides is 1. The smallest absolute Gasteiger partial charge is 0.410 e. The number of hydrogen-bond acceptors (Lipinski definition) is 5. The van der Waals surface area contributed by atoms with Crippen LogP contribution in [0.1, 0.15) is 72.3 Å². The predicted molar refractivity (Wildman–Crippen MR) is 123 cm³/mol. The summed E-state index contributed by atoms with van der Waals surface area (Å²) in [5, 5.41) is 0. The summed E-state index contributed by atoms with van der Waals surface area (Å²) < 4.78 is 17.2. The summed E-state index contributed by atoms with van der Waals surface area (Å²) in [6.07, 6.45) is 5.46. The second-order valence-electron chi connectivity index (χ2n) is 9.84. The van der Waals surface area contributed by atoms with Crippen molar-refractivity contribution >= 4 is 6.09 Å².